The zero-order valence-corrected chi connectivity index (χ0v) is 15.6. The molecule has 1 N–H and O–H groups in total. The van der Waals surface area contributed by atoms with Gasteiger partial charge in [-0.3, -0.25) is 9.78 Å². The summed E-state index contributed by atoms with van der Waals surface area (Å²) in [5.74, 6) is 0.822. The van der Waals surface area contributed by atoms with Gasteiger partial charge in [0.05, 0.1) is 25.0 Å². The summed E-state index contributed by atoms with van der Waals surface area (Å²) in [5, 5.41) is 2.86. The Bertz CT molecular complexity index is 810. The van der Waals surface area contributed by atoms with Gasteiger partial charge in [0.15, 0.2) is 0 Å². The summed E-state index contributed by atoms with van der Waals surface area (Å²) in [7, 11) is 0. The molecule has 2 heterocycles. The number of hydrogen-bond donors (Lipinski definition) is 1. The molecule has 1 aliphatic heterocycles. The smallest absolute Gasteiger partial charge is 0.322 e. The van der Waals surface area contributed by atoms with E-state index in [4.69, 9.17) is 4.74 Å². The number of nitrogens with zero attached hydrogens (tertiary/aromatic N) is 3. The third-order valence-corrected chi connectivity index (χ3v) is 4.51. The van der Waals surface area contributed by atoms with E-state index in [1.165, 1.54) is 0 Å². The number of pyridine rings is 1. The number of amides is 3. The zero-order valence-electron chi connectivity index (χ0n) is 15.6. The lowest BCUT2D eigenvalue weighted by Crippen LogP contribution is -2.36. The average Bonchev–Trinajstić information content (AvgIpc) is 2.88. The Labute approximate surface area is 158 Å². The van der Waals surface area contributed by atoms with Crippen molar-refractivity contribution in [1.29, 1.82) is 0 Å². The second-order valence-electron chi connectivity index (χ2n) is 6.42. The van der Waals surface area contributed by atoms with E-state index in [0.717, 1.165) is 16.9 Å². The van der Waals surface area contributed by atoms with Gasteiger partial charge < -0.3 is 19.9 Å². The fourth-order valence-electron chi connectivity index (χ4n) is 3.02. The summed E-state index contributed by atoms with van der Waals surface area (Å²) >= 11 is 0. The maximum atomic E-state index is 12.6. The number of aromatic nitrogens is 1. The van der Waals surface area contributed by atoms with E-state index in [1.807, 2.05) is 25.1 Å². The average molecular weight is 368 g/mol. The van der Waals surface area contributed by atoms with Crippen molar-refractivity contribution >= 4 is 17.6 Å². The second kappa shape index (κ2) is 8.53. The predicted octanol–water partition coefficient (Wildman–Crippen LogP) is 2.88. The lowest BCUT2D eigenvalue weighted by Gasteiger charge is -2.21. The molecular weight excluding hydrogens is 344 g/mol. The number of benzene rings is 1. The molecule has 7 nitrogen and oxygen atoms in total. The minimum atomic E-state index is -0.191. The lowest BCUT2D eigenvalue weighted by atomic mass is 10.1. The lowest BCUT2D eigenvalue weighted by molar-refractivity contribution is -0.129. The van der Waals surface area contributed by atoms with Crippen molar-refractivity contribution < 1.29 is 14.3 Å². The Balaban J connectivity index is 1.74. The number of hydrogen-bond acceptors (Lipinski definition) is 4. The molecule has 0 saturated heterocycles. The maximum Gasteiger partial charge on any atom is 0.322 e. The Hall–Kier alpha value is -3.09. The monoisotopic (exact) mass is 368 g/mol. The van der Waals surface area contributed by atoms with Crippen LogP contribution < -0.4 is 10.1 Å². The van der Waals surface area contributed by atoms with E-state index in [1.54, 1.807) is 41.2 Å². The summed E-state index contributed by atoms with van der Waals surface area (Å²) in [6.45, 7) is 6.09. The molecular formula is C20H24N4O3. The minimum Gasteiger partial charge on any atom is -0.491 e. The van der Waals surface area contributed by atoms with E-state index < -0.39 is 0 Å². The highest BCUT2D eigenvalue weighted by atomic mass is 16.5. The van der Waals surface area contributed by atoms with Gasteiger partial charge in [0.2, 0.25) is 5.91 Å². The molecule has 0 atom stereocenters. The van der Waals surface area contributed by atoms with Gasteiger partial charge in [-0.15, -0.1) is 0 Å². The first-order valence-electron chi connectivity index (χ1n) is 9.03. The van der Waals surface area contributed by atoms with E-state index in [-0.39, 0.29) is 11.9 Å². The number of ether oxygens (including phenoxy) is 1. The normalized spacial score (nSPS) is 13.2. The molecule has 7 heteroatoms. The number of anilines is 1. The number of carbonyl (C=O) groups excluding carboxylic acids is 2. The topological polar surface area (TPSA) is 74.8 Å². The van der Waals surface area contributed by atoms with Gasteiger partial charge in [0, 0.05) is 31.8 Å². The molecule has 1 aliphatic rings. The Morgan fingerprint density at radius 3 is 2.89 bits per heavy atom. The summed E-state index contributed by atoms with van der Waals surface area (Å²) in [4.78, 5) is 31.8. The van der Waals surface area contributed by atoms with Crippen LogP contribution in [0.5, 0.6) is 5.75 Å². The first kappa shape index (κ1) is 18.7. The fraction of sp³-hybridized carbons (Fsp3) is 0.350. The molecule has 142 valence electrons. The van der Waals surface area contributed by atoms with Crippen LogP contribution in [0.1, 0.15) is 25.0 Å². The van der Waals surface area contributed by atoms with E-state index in [2.05, 4.69) is 10.3 Å². The molecule has 2 aromatic rings. The minimum absolute atomic E-state index is 0.0427. The van der Waals surface area contributed by atoms with Gasteiger partial charge in [-0.1, -0.05) is 6.07 Å². The van der Waals surface area contributed by atoms with Crippen LogP contribution in [0, 0.1) is 0 Å². The number of carbonyl (C=O) groups is 2. The first-order valence-corrected chi connectivity index (χ1v) is 9.03. The van der Waals surface area contributed by atoms with Crippen LogP contribution >= 0.6 is 0 Å². The van der Waals surface area contributed by atoms with Crippen molar-refractivity contribution in [2.24, 2.45) is 0 Å². The molecule has 0 radical (unpaired) electrons. The zero-order chi connectivity index (χ0) is 19.2. The van der Waals surface area contributed by atoms with Crippen molar-refractivity contribution in [3.8, 4) is 5.75 Å². The summed E-state index contributed by atoms with van der Waals surface area (Å²) in [6, 6.07) is 9.28. The van der Waals surface area contributed by atoms with Crippen LogP contribution in [0.15, 0.2) is 42.7 Å². The van der Waals surface area contributed by atoms with Crippen LogP contribution in [0.2, 0.25) is 0 Å². The van der Waals surface area contributed by atoms with Crippen LogP contribution in [0.4, 0.5) is 10.5 Å². The molecule has 3 rings (SSSR count). The summed E-state index contributed by atoms with van der Waals surface area (Å²) in [5.41, 5.74) is 2.61. The van der Waals surface area contributed by atoms with Gasteiger partial charge in [0.25, 0.3) is 0 Å². The van der Waals surface area contributed by atoms with Crippen molar-refractivity contribution in [2.75, 3.05) is 25.0 Å². The number of fused-ring (bicyclic) bond motifs is 1. The molecule has 0 aliphatic carbocycles. The van der Waals surface area contributed by atoms with Crippen LogP contribution in [0.25, 0.3) is 0 Å². The SMILES string of the molecule is CCN(Cc1ccc2c(c1)CN(C(=O)Nc1cccnc1)CCO2)C(C)=O. The van der Waals surface area contributed by atoms with Gasteiger partial charge in [-0.2, -0.15) is 0 Å². The third-order valence-electron chi connectivity index (χ3n) is 4.51. The standard InChI is InChI=1S/C20H24N4O3/c1-3-23(15(2)25)13-16-6-7-19-17(11-16)14-24(9-10-27-19)20(26)22-18-5-4-8-21-12-18/h4-8,11-12H,3,9-10,13-14H2,1-2H3,(H,22,26). The van der Waals surface area contributed by atoms with Gasteiger partial charge in [-0.25, -0.2) is 4.79 Å². The number of nitrogens with one attached hydrogen (secondary N) is 1. The largest absolute Gasteiger partial charge is 0.491 e. The van der Waals surface area contributed by atoms with Crippen LogP contribution in [0.3, 0.4) is 0 Å². The Kier molecular flexibility index (Phi) is 5.90. The van der Waals surface area contributed by atoms with Gasteiger partial charge >= 0.3 is 6.03 Å². The van der Waals surface area contributed by atoms with E-state index in [0.29, 0.717) is 38.5 Å². The molecule has 0 fully saturated rings. The summed E-state index contributed by atoms with van der Waals surface area (Å²) < 4.78 is 5.80. The molecule has 1 aromatic carbocycles. The molecule has 0 spiro atoms. The van der Waals surface area contributed by atoms with Crippen molar-refractivity contribution in [2.45, 2.75) is 26.9 Å². The number of urea groups is 1. The van der Waals surface area contributed by atoms with Gasteiger partial charge in [-0.05, 0) is 36.8 Å². The van der Waals surface area contributed by atoms with Crippen molar-refractivity contribution in [3.05, 3.63) is 53.9 Å². The molecule has 0 bridgehead atoms. The molecule has 0 unspecified atom stereocenters. The third kappa shape index (κ3) is 4.75. The van der Waals surface area contributed by atoms with Crippen molar-refractivity contribution in [1.82, 2.24) is 14.8 Å². The highest BCUT2D eigenvalue weighted by Gasteiger charge is 2.21. The maximum absolute atomic E-state index is 12.6. The predicted molar refractivity (Wildman–Crippen MR) is 102 cm³/mol. The first-order chi connectivity index (χ1) is 13.1. The molecule has 1 aromatic heterocycles. The van der Waals surface area contributed by atoms with Crippen molar-refractivity contribution in [3.63, 3.8) is 0 Å². The second-order valence-corrected chi connectivity index (χ2v) is 6.42. The van der Waals surface area contributed by atoms with Gasteiger partial charge in [0.1, 0.15) is 12.4 Å². The Morgan fingerprint density at radius 2 is 2.19 bits per heavy atom. The highest BCUT2D eigenvalue weighted by Crippen LogP contribution is 2.25. The Morgan fingerprint density at radius 1 is 1.33 bits per heavy atom. The highest BCUT2D eigenvalue weighted by molar-refractivity contribution is 5.89. The van der Waals surface area contributed by atoms with E-state index >= 15 is 0 Å². The van der Waals surface area contributed by atoms with E-state index in [9.17, 15) is 9.59 Å². The molecule has 27 heavy (non-hydrogen) atoms. The summed E-state index contributed by atoms with van der Waals surface area (Å²) in [6.07, 6.45) is 3.27. The van der Waals surface area contributed by atoms with Crippen LogP contribution in [-0.4, -0.2) is 46.4 Å². The molecule has 0 saturated carbocycles. The van der Waals surface area contributed by atoms with Crippen LogP contribution in [-0.2, 0) is 17.9 Å². The fourth-order valence-corrected chi connectivity index (χ4v) is 3.02. The number of rotatable bonds is 4. The molecule has 3 amide bonds. The quantitative estimate of drug-likeness (QED) is 0.900.